The minimum absolute atomic E-state index is 0.246. The van der Waals surface area contributed by atoms with E-state index in [9.17, 15) is 0 Å². The summed E-state index contributed by atoms with van der Waals surface area (Å²) in [5.41, 5.74) is 8.67. The van der Waals surface area contributed by atoms with Gasteiger partial charge in [-0.25, -0.2) is 0 Å². The first kappa shape index (κ1) is 9.22. The Balaban J connectivity index is 2.27. The van der Waals surface area contributed by atoms with Gasteiger partial charge in [0.25, 0.3) is 0 Å². The van der Waals surface area contributed by atoms with Gasteiger partial charge in [-0.05, 0) is 48.9 Å². The number of hydrogen-bond donors (Lipinski definition) is 1. The quantitative estimate of drug-likeness (QED) is 0.844. The average Bonchev–Trinajstić information content (AvgIpc) is 2.83. The predicted molar refractivity (Wildman–Crippen MR) is 58.5 cm³/mol. The molecular formula is C11H14BrN. The summed E-state index contributed by atoms with van der Waals surface area (Å²) in [5.74, 6) is 0.730. The highest BCUT2D eigenvalue weighted by Gasteiger charge is 2.29. The SMILES string of the molecule is Cc1cc(Br)cc([C@H](N)C2CC2)c1. The number of halogens is 1. The topological polar surface area (TPSA) is 26.0 Å². The van der Waals surface area contributed by atoms with E-state index in [1.807, 2.05) is 0 Å². The van der Waals surface area contributed by atoms with Gasteiger partial charge in [0.1, 0.15) is 0 Å². The van der Waals surface area contributed by atoms with Gasteiger partial charge in [0.2, 0.25) is 0 Å². The van der Waals surface area contributed by atoms with Crippen LogP contribution in [0.5, 0.6) is 0 Å². The third-order valence-electron chi connectivity index (χ3n) is 2.58. The Morgan fingerprint density at radius 2 is 2.08 bits per heavy atom. The molecule has 0 amide bonds. The first-order valence-corrected chi connectivity index (χ1v) is 5.49. The number of hydrogen-bond acceptors (Lipinski definition) is 1. The summed E-state index contributed by atoms with van der Waals surface area (Å²) >= 11 is 3.50. The Hall–Kier alpha value is -0.340. The molecule has 0 aliphatic heterocycles. The third kappa shape index (κ3) is 2.12. The fourth-order valence-corrected chi connectivity index (χ4v) is 2.31. The second-order valence-electron chi connectivity index (χ2n) is 3.93. The zero-order valence-electron chi connectivity index (χ0n) is 7.76. The van der Waals surface area contributed by atoms with E-state index >= 15 is 0 Å². The van der Waals surface area contributed by atoms with Gasteiger partial charge < -0.3 is 5.73 Å². The highest BCUT2D eigenvalue weighted by atomic mass is 79.9. The van der Waals surface area contributed by atoms with E-state index in [2.05, 4.69) is 41.1 Å². The summed E-state index contributed by atoms with van der Waals surface area (Å²) in [4.78, 5) is 0. The predicted octanol–water partition coefficient (Wildman–Crippen LogP) is 3.17. The molecule has 2 heteroatoms. The minimum Gasteiger partial charge on any atom is -0.324 e. The summed E-state index contributed by atoms with van der Waals surface area (Å²) in [7, 11) is 0. The molecule has 0 radical (unpaired) electrons. The molecule has 2 N–H and O–H groups in total. The van der Waals surface area contributed by atoms with Gasteiger partial charge in [-0.2, -0.15) is 0 Å². The van der Waals surface area contributed by atoms with Gasteiger partial charge in [0.05, 0.1) is 0 Å². The molecule has 0 spiro atoms. The monoisotopic (exact) mass is 239 g/mol. The van der Waals surface area contributed by atoms with Crippen LogP contribution in [0.1, 0.15) is 30.0 Å². The zero-order chi connectivity index (χ0) is 9.42. The van der Waals surface area contributed by atoms with Crippen molar-refractivity contribution in [2.45, 2.75) is 25.8 Å². The molecule has 1 aliphatic rings. The van der Waals surface area contributed by atoms with E-state index in [-0.39, 0.29) is 6.04 Å². The van der Waals surface area contributed by atoms with E-state index < -0.39 is 0 Å². The van der Waals surface area contributed by atoms with Crippen LogP contribution >= 0.6 is 15.9 Å². The lowest BCUT2D eigenvalue weighted by molar-refractivity contribution is 0.632. The lowest BCUT2D eigenvalue weighted by Crippen LogP contribution is -2.12. The molecule has 0 heterocycles. The molecule has 0 bridgehead atoms. The van der Waals surface area contributed by atoms with E-state index in [1.54, 1.807) is 0 Å². The van der Waals surface area contributed by atoms with Crippen LogP contribution in [-0.4, -0.2) is 0 Å². The second-order valence-corrected chi connectivity index (χ2v) is 4.84. The summed E-state index contributed by atoms with van der Waals surface area (Å²) in [5, 5.41) is 0. The van der Waals surface area contributed by atoms with Crippen LogP contribution in [0.15, 0.2) is 22.7 Å². The van der Waals surface area contributed by atoms with E-state index in [0.717, 1.165) is 10.4 Å². The molecule has 13 heavy (non-hydrogen) atoms. The van der Waals surface area contributed by atoms with Crippen LogP contribution in [0.4, 0.5) is 0 Å². The van der Waals surface area contributed by atoms with Gasteiger partial charge in [0.15, 0.2) is 0 Å². The number of benzene rings is 1. The third-order valence-corrected chi connectivity index (χ3v) is 3.04. The highest BCUT2D eigenvalue weighted by molar-refractivity contribution is 9.10. The summed E-state index contributed by atoms with van der Waals surface area (Å²) in [6.07, 6.45) is 2.60. The average molecular weight is 240 g/mol. The maximum absolute atomic E-state index is 6.12. The molecule has 70 valence electrons. The van der Waals surface area contributed by atoms with Crippen molar-refractivity contribution in [2.75, 3.05) is 0 Å². The van der Waals surface area contributed by atoms with Crippen LogP contribution in [0.25, 0.3) is 0 Å². The van der Waals surface area contributed by atoms with Crippen LogP contribution in [0, 0.1) is 12.8 Å². The van der Waals surface area contributed by atoms with E-state index in [4.69, 9.17) is 5.73 Å². The lowest BCUT2D eigenvalue weighted by Gasteiger charge is -2.11. The van der Waals surface area contributed by atoms with E-state index in [0.29, 0.717) is 0 Å². The Morgan fingerprint density at radius 3 is 2.62 bits per heavy atom. The first-order chi connectivity index (χ1) is 6.16. The normalized spacial score (nSPS) is 18.7. The largest absolute Gasteiger partial charge is 0.324 e. The van der Waals surface area contributed by atoms with Crippen LogP contribution in [0.3, 0.4) is 0 Å². The van der Waals surface area contributed by atoms with Gasteiger partial charge in [-0.1, -0.05) is 22.0 Å². The van der Waals surface area contributed by atoms with Gasteiger partial charge in [-0.3, -0.25) is 0 Å². The minimum atomic E-state index is 0.246. The van der Waals surface area contributed by atoms with Gasteiger partial charge >= 0.3 is 0 Å². The molecule has 1 aromatic rings. The maximum atomic E-state index is 6.12. The summed E-state index contributed by atoms with van der Waals surface area (Å²) < 4.78 is 1.14. The first-order valence-electron chi connectivity index (χ1n) is 4.69. The molecule has 0 saturated heterocycles. The summed E-state index contributed by atoms with van der Waals surface area (Å²) in [6, 6.07) is 6.68. The molecule has 1 atom stereocenters. The van der Waals surface area contributed by atoms with E-state index in [1.165, 1.54) is 24.0 Å². The van der Waals surface area contributed by atoms with Gasteiger partial charge in [0, 0.05) is 10.5 Å². The summed E-state index contributed by atoms with van der Waals surface area (Å²) in [6.45, 7) is 2.11. The Kier molecular flexibility index (Phi) is 2.43. The van der Waals surface area contributed by atoms with Gasteiger partial charge in [-0.15, -0.1) is 0 Å². The maximum Gasteiger partial charge on any atom is 0.0324 e. The molecule has 0 aromatic heterocycles. The number of aryl methyl sites for hydroxylation is 1. The molecule has 1 nitrogen and oxygen atoms in total. The Labute approximate surface area is 87.5 Å². The molecule has 1 fully saturated rings. The van der Waals surface area contributed by atoms with Crippen molar-refractivity contribution in [3.63, 3.8) is 0 Å². The van der Waals surface area contributed by atoms with Crippen molar-refractivity contribution in [1.29, 1.82) is 0 Å². The van der Waals surface area contributed by atoms with Crippen LogP contribution < -0.4 is 5.73 Å². The Bertz CT molecular complexity index is 298. The number of nitrogens with two attached hydrogens (primary N) is 1. The zero-order valence-corrected chi connectivity index (χ0v) is 9.34. The van der Waals surface area contributed by atoms with Crippen LogP contribution in [-0.2, 0) is 0 Å². The fraction of sp³-hybridized carbons (Fsp3) is 0.455. The molecule has 1 aliphatic carbocycles. The molecular weight excluding hydrogens is 226 g/mol. The van der Waals surface area contributed by atoms with Crippen molar-refractivity contribution < 1.29 is 0 Å². The highest BCUT2D eigenvalue weighted by Crippen LogP contribution is 2.40. The second kappa shape index (κ2) is 3.43. The molecule has 0 unspecified atom stereocenters. The number of rotatable bonds is 2. The fourth-order valence-electron chi connectivity index (χ4n) is 1.68. The van der Waals surface area contributed by atoms with Crippen molar-refractivity contribution in [2.24, 2.45) is 11.7 Å². The van der Waals surface area contributed by atoms with Crippen molar-refractivity contribution >= 4 is 15.9 Å². The Morgan fingerprint density at radius 1 is 1.38 bits per heavy atom. The smallest absolute Gasteiger partial charge is 0.0324 e. The standard InChI is InChI=1S/C11H14BrN/c1-7-4-9(6-10(12)5-7)11(13)8-2-3-8/h4-6,8,11H,2-3,13H2,1H3/t11-/m1/s1. The lowest BCUT2D eigenvalue weighted by atomic mass is 10.0. The van der Waals surface area contributed by atoms with Crippen LogP contribution in [0.2, 0.25) is 0 Å². The molecule has 2 rings (SSSR count). The molecule has 1 aromatic carbocycles. The van der Waals surface area contributed by atoms with Crippen molar-refractivity contribution in [1.82, 2.24) is 0 Å². The molecule has 1 saturated carbocycles. The van der Waals surface area contributed by atoms with Crippen molar-refractivity contribution in [3.05, 3.63) is 33.8 Å². The van der Waals surface area contributed by atoms with Crippen molar-refractivity contribution in [3.8, 4) is 0 Å².